The molecule has 0 aromatic rings. The Hall–Kier alpha value is -0.160. The highest BCUT2D eigenvalue weighted by atomic mass is 16.5. The molecule has 3 atom stereocenters. The van der Waals surface area contributed by atoms with Crippen LogP contribution in [0.5, 0.6) is 0 Å². The summed E-state index contributed by atoms with van der Waals surface area (Å²) < 4.78 is 5.70. The van der Waals surface area contributed by atoms with E-state index in [1.807, 2.05) is 0 Å². The maximum atomic E-state index is 9.74. The maximum absolute atomic E-state index is 9.74. The number of aliphatic hydroxyl groups excluding tert-OH is 1. The monoisotopic (exact) mass is 214 g/mol. The number of hydrogen-bond acceptors (Lipinski definition) is 4. The van der Waals surface area contributed by atoms with Crippen molar-refractivity contribution in [3.63, 3.8) is 0 Å². The van der Waals surface area contributed by atoms with Gasteiger partial charge in [-0.15, -0.1) is 0 Å². The largest absolute Gasteiger partial charge is 0.390 e. The molecule has 2 fully saturated rings. The smallest absolute Gasteiger partial charge is 0.0831 e. The SMILES string of the molecule is CN(CC1CCCCO1)C1CNCC1O. The lowest BCUT2D eigenvalue weighted by atomic mass is 10.1. The first-order chi connectivity index (χ1) is 7.27. The van der Waals surface area contributed by atoms with Crippen LogP contribution in [0, 0.1) is 0 Å². The summed E-state index contributed by atoms with van der Waals surface area (Å²) in [5.41, 5.74) is 0. The molecule has 0 amide bonds. The van der Waals surface area contributed by atoms with Gasteiger partial charge in [-0.05, 0) is 26.3 Å². The van der Waals surface area contributed by atoms with E-state index in [2.05, 4.69) is 17.3 Å². The van der Waals surface area contributed by atoms with Gasteiger partial charge in [0.25, 0.3) is 0 Å². The second-order valence-electron chi connectivity index (χ2n) is 4.72. The predicted molar refractivity (Wildman–Crippen MR) is 58.9 cm³/mol. The van der Waals surface area contributed by atoms with Crippen molar-refractivity contribution >= 4 is 0 Å². The number of rotatable bonds is 3. The van der Waals surface area contributed by atoms with Crippen molar-refractivity contribution in [2.75, 3.05) is 33.3 Å². The average molecular weight is 214 g/mol. The number of β-amino-alcohol motifs (C(OH)–C–C–N with tert-alkyl or cyclic N) is 1. The van der Waals surface area contributed by atoms with E-state index in [4.69, 9.17) is 4.74 Å². The van der Waals surface area contributed by atoms with E-state index in [9.17, 15) is 5.11 Å². The third-order valence-corrected chi connectivity index (χ3v) is 3.48. The van der Waals surface area contributed by atoms with Crippen molar-refractivity contribution in [3.8, 4) is 0 Å². The van der Waals surface area contributed by atoms with Crippen LogP contribution in [0.25, 0.3) is 0 Å². The van der Waals surface area contributed by atoms with Crippen molar-refractivity contribution in [2.24, 2.45) is 0 Å². The van der Waals surface area contributed by atoms with Gasteiger partial charge in [-0.3, -0.25) is 4.90 Å². The lowest BCUT2D eigenvalue weighted by Crippen LogP contribution is -2.45. The summed E-state index contributed by atoms with van der Waals surface area (Å²) in [5, 5.41) is 13.0. The summed E-state index contributed by atoms with van der Waals surface area (Å²) in [5.74, 6) is 0. The summed E-state index contributed by atoms with van der Waals surface area (Å²) >= 11 is 0. The van der Waals surface area contributed by atoms with Gasteiger partial charge < -0.3 is 15.2 Å². The van der Waals surface area contributed by atoms with E-state index in [1.165, 1.54) is 19.3 Å². The number of ether oxygens (including phenoxy) is 1. The fourth-order valence-electron chi connectivity index (χ4n) is 2.51. The first kappa shape index (κ1) is 11.3. The highest BCUT2D eigenvalue weighted by molar-refractivity contribution is 4.88. The topological polar surface area (TPSA) is 44.7 Å². The first-order valence-electron chi connectivity index (χ1n) is 5.98. The molecule has 0 bridgehead atoms. The van der Waals surface area contributed by atoms with E-state index in [0.717, 1.165) is 26.2 Å². The van der Waals surface area contributed by atoms with Gasteiger partial charge in [0, 0.05) is 32.3 Å². The Morgan fingerprint density at radius 3 is 2.87 bits per heavy atom. The summed E-state index contributed by atoms with van der Waals surface area (Å²) in [6.45, 7) is 3.47. The number of nitrogens with one attached hydrogen (secondary N) is 1. The summed E-state index contributed by atoms with van der Waals surface area (Å²) in [6.07, 6.45) is 3.80. The van der Waals surface area contributed by atoms with Crippen molar-refractivity contribution in [3.05, 3.63) is 0 Å². The molecule has 0 aliphatic carbocycles. The number of aliphatic hydroxyl groups is 1. The molecule has 0 saturated carbocycles. The minimum Gasteiger partial charge on any atom is -0.390 e. The molecule has 2 heterocycles. The van der Waals surface area contributed by atoms with Gasteiger partial charge in [0.1, 0.15) is 0 Å². The fourth-order valence-corrected chi connectivity index (χ4v) is 2.51. The highest BCUT2D eigenvalue weighted by Crippen LogP contribution is 2.16. The zero-order chi connectivity index (χ0) is 10.7. The first-order valence-corrected chi connectivity index (χ1v) is 5.98. The average Bonchev–Trinajstić information content (AvgIpc) is 2.66. The molecule has 3 unspecified atom stereocenters. The molecule has 2 aliphatic rings. The minimum absolute atomic E-state index is 0.224. The second-order valence-corrected chi connectivity index (χ2v) is 4.72. The Kier molecular flexibility index (Phi) is 3.97. The van der Waals surface area contributed by atoms with Crippen molar-refractivity contribution in [2.45, 2.75) is 37.5 Å². The van der Waals surface area contributed by atoms with Crippen LogP contribution in [0.2, 0.25) is 0 Å². The second kappa shape index (κ2) is 5.25. The van der Waals surface area contributed by atoms with Crippen LogP contribution >= 0.6 is 0 Å². The van der Waals surface area contributed by atoms with E-state index >= 15 is 0 Å². The molecule has 15 heavy (non-hydrogen) atoms. The number of hydrogen-bond donors (Lipinski definition) is 2. The number of nitrogens with zero attached hydrogens (tertiary/aromatic N) is 1. The Morgan fingerprint density at radius 2 is 2.27 bits per heavy atom. The molecular weight excluding hydrogens is 192 g/mol. The standard InChI is InChI=1S/C11H22N2O2/c1-13(10-6-12-7-11(10)14)8-9-4-2-3-5-15-9/h9-12,14H,2-8H2,1H3. The Bertz CT molecular complexity index is 195. The Labute approximate surface area is 91.6 Å². The zero-order valence-corrected chi connectivity index (χ0v) is 9.48. The molecule has 2 saturated heterocycles. The van der Waals surface area contributed by atoms with Gasteiger partial charge >= 0.3 is 0 Å². The summed E-state index contributed by atoms with van der Waals surface area (Å²) in [4.78, 5) is 2.24. The molecule has 4 nitrogen and oxygen atoms in total. The van der Waals surface area contributed by atoms with Crippen LogP contribution in [-0.4, -0.2) is 61.5 Å². The third kappa shape index (κ3) is 2.91. The molecule has 2 rings (SSSR count). The van der Waals surface area contributed by atoms with Gasteiger partial charge in [-0.2, -0.15) is 0 Å². The van der Waals surface area contributed by atoms with Crippen LogP contribution in [0.1, 0.15) is 19.3 Å². The molecule has 0 aromatic carbocycles. The van der Waals surface area contributed by atoms with Gasteiger partial charge in [-0.1, -0.05) is 0 Å². The maximum Gasteiger partial charge on any atom is 0.0831 e. The van der Waals surface area contributed by atoms with Crippen molar-refractivity contribution < 1.29 is 9.84 Å². The lowest BCUT2D eigenvalue weighted by Gasteiger charge is -2.31. The lowest BCUT2D eigenvalue weighted by molar-refractivity contribution is -0.0160. The van der Waals surface area contributed by atoms with Crippen LogP contribution in [0.15, 0.2) is 0 Å². The highest BCUT2D eigenvalue weighted by Gasteiger charge is 2.30. The number of likely N-dealkylation sites (N-methyl/N-ethyl adjacent to an activating group) is 1. The van der Waals surface area contributed by atoms with Gasteiger partial charge in [0.2, 0.25) is 0 Å². The molecule has 0 aromatic heterocycles. The van der Waals surface area contributed by atoms with Crippen molar-refractivity contribution in [1.82, 2.24) is 10.2 Å². The van der Waals surface area contributed by atoms with Crippen LogP contribution in [0.3, 0.4) is 0 Å². The van der Waals surface area contributed by atoms with E-state index < -0.39 is 0 Å². The van der Waals surface area contributed by atoms with Gasteiger partial charge in [-0.25, -0.2) is 0 Å². The van der Waals surface area contributed by atoms with Gasteiger partial charge in [0.05, 0.1) is 12.2 Å². The molecule has 2 aliphatic heterocycles. The molecule has 4 heteroatoms. The van der Waals surface area contributed by atoms with Gasteiger partial charge in [0.15, 0.2) is 0 Å². The molecule has 2 N–H and O–H groups in total. The van der Waals surface area contributed by atoms with Crippen molar-refractivity contribution in [1.29, 1.82) is 0 Å². The Balaban J connectivity index is 1.77. The predicted octanol–water partition coefficient (Wildman–Crippen LogP) is -0.180. The molecule has 0 spiro atoms. The van der Waals surface area contributed by atoms with E-state index in [1.54, 1.807) is 0 Å². The minimum atomic E-state index is -0.224. The summed E-state index contributed by atoms with van der Waals surface area (Å²) in [7, 11) is 2.08. The van der Waals surface area contributed by atoms with Crippen LogP contribution in [-0.2, 0) is 4.74 Å². The van der Waals surface area contributed by atoms with Crippen LogP contribution in [0.4, 0.5) is 0 Å². The Morgan fingerprint density at radius 1 is 1.40 bits per heavy atom. The fraction of sp³-hybridized carbons (Fsp3) is 1.00. The molecule has 0 radical (unpaired) electrons. The zero-order valence-electron chi connectivity index (χ0n) is 9.48. The quantitative estimate of drug-likeness (QED) is 0.684. The normalized spacial score (nSPS) is 37.4. The molecule has 88 valence electrons. The third-order valence-electron chi connectivity index (χ3n) is 3.48. The van der Waals surface area contributed by atoms with Crippen LogP contribution < -0.4 is 5.32 Å². The molecular formula is C11H22N2O2. The summed E-state index contributed by atoms with van der Waals surface area (Å²) in [6, 6.07) is 0.260. The van der Waals surface area contributed by atoms with E-state index in [-0.39, 0.29) is 12.1 Å². The van der Waals surface area contributed by atoms with E-state index in [0.29, 0.717) is 6.10 Å².